The highest BCUT2D eigenvalue weighted by Crippen LogP contribution is 2.26. The van der Waals surface area contributed by atoms with E-state index in [4.69, 9.17) is 4.42 Å². The molecule has 0 radical (unpaired) electrons. The van der Waals surface area contributed by atoms with Crippen molar-refractivity contribution in [3.8, 4) is 0 Å². The van der Waals surface area contributed by atoms with E-state index >= 15 is 0 Å². The van der Waals surface area contributed by atoms with Gasteiger partial charge in [-0.15, -0.1) is 0 Å². The largest absolute Gasteiger partial charge is 0.467 e. The van der Waals surface area contributed by atoms with Crippen LogP contribution in [0.15, 0.2) is 29.0 Å². The van der Waals surface area contributed by atoms with Gasteiger partial charge in [0.1, 0.15) is 12.0 Å². The van der Waals surface area contributed by atoms with Crippen molar-refractivity contribution < 1.29 is 9.34 Å². The lowest BCUT2D eigenvalue weighted by Gasteiger charge is -2.13. The molecule has 0 fully saturated rings. The Hall–Kier alpha value is -2.64. The standard InChI is InChI=1S/C13H17N5O3/c1-3-6-14-13-15-8-10(18(19)20)12(17-13)16-9(2)11-5-4-7-21-11/h4-5,7-9H,3,6H2,1-2H3,(H2,14,15,16,17). The van der Waals surface area contributed by atoms with Crippen LogP contribution in [0.3, 0.4) is 0 Å². The van der Waals surface area contributed by atoms with E-state index in [0.29, 0.717) is 18.3 Å². The smallest absolute Gasteiger partial charge is 0.329 e. The Labute approximate surface area is 121 Å². The average molecular weight is 291 g/mol. The Balaban J connectivity index is 2.23. The van der Waals surface area contributed by atoms with Crippen molar-refractivity contribution in [2.45, 2.75) is 26.3 Å². The van der Waals surface area contributed by atoms with Crippen LogP contribution in [0.1, 0.15) is 32.1 Å². The van der Waals surface area contributed by atoms with Gasteiger partial charge in [0.25, 0.3) is 0 Å². The van der Waals surface area contributed by atoms with E-state index < -0.39 is 4.92 Å². The summed E-state index contributed by atoms with van der Waals surface area (Å²) in [5.74, 6) is 1.19. The summed E-state index contributed by atoms with van der Waals surface area (Å²) in [5, 5.41) is 17.0. The molecule has 0 saturated carbocycles. The molecule has 2 aromatic rings. The second-order valence-corrected chi connectivity index (χ2v) is 4.49. The van der Waals surface area contributed by atoms with E-state index in [0.717, 1.165) is 6.42 Å². The van der Waals surface area contributed by atoms with Crippen molar-refractivity contribution >= 4 is 17.5 Å². The number of rotatable bonds is 7. The van der Waals surface area contributed by atoms with E-state index in [9.17, 15) is 10.1 Å². The van der Waals surface area contributed by atoms with Gasteiger partial charge in [0.15, 0.2) is 0 Å². The fourth-order valence-corrected chi connectivity index (χ4v) is 1.75. The highest BCUT2D eigenvalue weighted by atomic mass is 16.6. The molecule has 112 valence electrons. The van der Waals surface area contributed by atoms with Crippen LogP contribution in [0.5, 0.6) is 0 Å². The molecule has 0 aromatic carbocycles. The van der Waals surface area contributed by atoms with Gasteiger partial charge in [-0.25, -0.2) is 4.98 Å². The summed E-state index contributed by atoms with van der Waals surface area (Å²) in [5.41, 5.74) is -0.171. The van der Waals surface area contributed by atoms with Gasteiger partial charge in [-0.2, -0.15) is 4.98 Å². The van der Waals surface area contributed by atoms with Gasteiger partial charge in [0.05, 0.1) is 17.2 Å². The van der Waals surface area contributed by atoms with Gasteiger partial charge in [-0.05, 0) is 25.5 Å². The summed E-state index contributed by atoms with van der Waals surface area (Å²) >= 11 is 0. The molecule has 2 aromatic heterocycles. The van der Waals surface area contributed by atoms with E-state index in [-0.39, 0.29) is 17.5 Å². The van der Waals surface area contributed by atoms with Crippen LogP contribution in [0, 0.1) is 10.1 Å². The Morgan fingerprint density at radius 1 is 1.52 bits per heavy atom. The van der Waals surface area contributed by atoms with Gasteiger partial charge in [-0.1, -0.05) is 6.92 Å². The minimum absolute atomic E-state index is 0.164. The normalized spacial score (nSPS) is 11.9. The molecule has 2 N–H and O–H groups in total. The van der Waals surface area contributed by atoms with Crippen LogP contribution in [-0.4, -0.2) is 21.4 Å². The minimum Gasteiger partial charge on any atom is -0.467 e. The van der Waals surface area contributed by atoms with Gasteiger partial charge >= 0.3 is 5.69 Å². The first-order chi connectivity index (χ1) is 10.1. The molecule has 8 nitrogen and oxygen atoms in total. The SMILES string of the molecule is CCCNc1ncc([N+](=O)[O-])c(NC(C)c2ccco2)n1. The molecule has 2 heterocycles. The Kier molecular flexibility index (Phi) is 4.70. The number of furan rings is 1. The zero-order valence-corrected chi connectivity index (χ0v) is 11.9. The molecule has 2 rings (SSSR count). The van der Waals surface area contributed by atoms with Crippen molar-refractivity contribution in [1.29, 1.82) is 0 Å². The van der Waals surface area contributed by atoms with Gasteiger partial charge in [0.2, 0.25) is 11.8 Å². The van der Waals surface area contributed by atoms with Crippen LogP contribution >= 0.6 is 0 Å². The molecule has 21 heavy (non-hydrogen) atoms. The molecule has 0 aliphatic heterocycles. The topological polar surface area (TPSA) is 106 Å². The number of hydrogen-bond donors (Lipinski definition) is 2. The summed E-state index contributed by atoms with van der Waals surface area (Å²) in [7, 11) is 0. The predicted molar refractivity (Wildman–Crippen MR) is 78.2 cm³/mol. The third-order valence-electron chi connectivity index (χ3n) is 2.82. The predicted octanol–water partition coefficient (Wildman–Crippen LogP) is 2.97. The molecule has 1 unspecified atom stereocenters. The second-order valence-electron chi connectivity index (χ2n) is 4.49. The monoisotopic (exact) mass is 291 g/mol. The van der Waals surface area contributed by atoms with Crippen LogP contribution in [-0.2, 0) is 0 Å². The van der Waals surface area contributed by atoms with E-state index in [1.807, 2.05) is 13.8 Å². The lowest BCUT2D eigenvalue weighted by Crippen LogP contribution is -2.12. The maximum Gasteiger partial charge on any atom is 0.329 e. The number of nitrogens with one attached hydrogen (secondary N) is 2. The first kappa shape index (κ1) is 14.8. The number of aromatic nitrogens is 2. The molecule has 0 amide bonds. The zero-order chi connectivity index (χ0) is 15.2. The molecular weight excluding hydrogens is 274 g/mol. The first-order valence-corrected chi connectivity index (χ1v) is 6.67. The summed E-state index contributed by atoms with van der Waals surface area (Å²) in [4.78, 5) is 18.6. The number of nitrogens with zero attached hydrogens (tertiary/aromatic N) is 3. The van der Waals surface area contributed by atoms with E-state index in [1.165, 1.54) is 6.20 Å². The lowest BCUT2D eigenvalue weighted by molar-refractivity contribution is -0.384. The Bertz CT molecular complexity index is 600. The first-order valence-electron chi connectivity index (χ1n) is 6.67. The highest BCUT2D eigenvalue weighted by Gasteiger charge is 2.20. The lowest BCUT2D eigenvalue weighted by atomic mass is 10.2. The van der Waals surface area contributed by atoms with E-state index in [2.05, 4.69) is 20.6 Å². The number of anilines is 2. The second kappa shape index (κ2) is 6.69. The highest BCUT2D eigenvalue weighted by molar-refractivity contribution is 5.57. The summed E-state index contributed by atoms with van der Waals surface area (Å²) in [6.45, 7) is 4.55. The third kappa shape index (κ3) is 3.68. The van der Waals surface area contributed by atoms with Crippen LogP contribution in [0.25, 0.3) is 0 Å². The molecule has 0 aliphatic carbocycles. The van der Waals surface area contributed by atoms with Crippen molar-refractivity contribution in [3.05, 3.63) is 40.5 Å². The minimum atomic E-state index is -0.513. The fraction of sp³-hybridized carbons (Fsp3) is 0.385. The maximum atomic E-state index is 11.1. The fourth-order valence-electron chi connectivity index (χ4n) is 1.75. The zero-order valence-electron chi connectivity index (χ0n) is 11.9. The van der Waals surface area contributed by atoms with Gasteiger partial charge < -0.3 is 15.1 Å². The molecule has 8 heteroatoms. The molecule has 0 bridgehead atoms. The quantitative estimate of drug-likeness (QED) is 0.596. The van der Waals surface area contributed by atoms with Crippen molar-refractivity contribution in [1.82, 2.24) is 9.97 Å². The van der Waals surface area contributed by atoms with Crippen LogP contribution < -0.4 is 10.6 Å². The molecular formula is C13H17N5O3. The summed E-state index contributed by atoms with van der Waals surface area (Å²) < 4.78 is 5.27. The van der Waals surface area contributed by atoms with Crippen LogP contribution in [0.2, 0.25) is 0 Å². The van der Waals surface area contributed by atoms with Crippen molar-refractivity contribution in [2.24, 2.45) is 0 Å². The number of hydrogen-bond acceptors (Lipinski definition) is 7. The summed E-state index contributed by atoms with van der Waals surface area (Å²) in [6.07, 6.45) is 3.66. The van der Waals surface area contributed by atoms with E-state index in [1.54, 1.807) is 18.4 Å². The Morgan fingerprint density at radius 3 is 2.95 bits per heavy atom. The van der Waals surface area contributed by atoms with Crippen LogP contribution in [0.4, 0.5) is 17.5 Å². The Morgan fingerprint density at radius 2 is 2.33 bits per heavy atom. The van der Waals surface area contributed by atoms with Gasteiger partial charge in [0, 0.05) is 6.54 Å². The molecule has 1 atom stereocenters. The average Bonchev–Trinajstić information content (AvgIpc) is 2.99. The molecule has 0 saturated heterocycles. The van der Waals surface area contributed by atoms with Gasteiger partial charge in [-0.3, -0.25) is 10.1 Å². The summed E-state index contributed by atoms with van der Waals surface area (Å²) in [6, 6.07) is 3.31. The maximum absolute atomic E-state index is 11.1. The number of nitro groups is 1. The third-order valence-corrected chi connectivity index (χ3v) is 2.82. The van der Waals surface area contributed by atoms with Crippen molar-refractivity contribution in [3.63, 3.8) is 0 Å². The molecule has 0 spiro atoms. The molecule has 0 aliphatic rings. The van der Waals surface area contributed by atoms with Crippen molar-refractivity contribution in [2.75, 3.05) is 17.2 Å².